The van der Waals surface area contributed by atoms with Gasteiger partial charge in [0.05, 0.1) is 13.2 Å². The topological polar surface area (TPSA) is 64.6 Å². The van der Waals surface area contributed by atoms with E-state index in [2.05, 4.69) is 0 Å². The summed E-state index contributed by atoms with van der Waals surface area (Å²) in [6, 6.07) is 0. The molecule has 26 heavy (non-hydrogen) atoms. The van der Waals surface area contributed by atoms with Crippen molar-refractivity contribution in [3.63, 3.8) is 0 Å². The Morgan fingerprint density at radius 3 is 1.77 bits per heavy atom. The van der Waals surface area contributed by atoms with Crippen LogP contribution in [0, 0.1) is 0 Å². The van der Waals surface area contributed by atoms with Crippen LogP contribution in [0.3, 0.4) is 0 Å². The first-order valence-corrected chi connectivity index (χ1v) is 11.9. The second-order valence-electron chi connectivity index (χ2n) is 5.98. The largest absolute Gasteiger partial charge is 0.531 e. The summed E-state index contributed by atoms with van der Waals surface area (Å²) in [5, 5.41) is 0. The average Bonchev–Trinajstić information content (AvgIpc) is 2.66. The summed E-state index contributed by atoms with van der Waals surface area (Å²) < 4.78 is 42.0. The van der Waals surface area contributed by atoms with E-state index in [1.807, 2.05) is 41.5 Å². The molecule has 0 aromatic heterocycles. The lowest BCUT2D eigenvalue weighted by Crippen LogP contribution is -2.59. The first kappa shape index (κ1) is 24.0. The Labute approximate surface area is 159 Å². The first-order chi connectivity index (χ1) is 12.5. The fraction of sp³-hybridized carbons (Fsp3) is 1.00. The fourth-order valence-corrected chi connectivity index (χ4v) is 5.77. The summed E-state index contributed by atoms with van der Waals surface area (Å²) in [5.41, 5.74) is -0.315. The van der Waals surface area contributed by atoms with E-state index in [4.69, 9.17) is 32.2 Å². The van der Waals surface area contributed by atoms with Crippen LogP contribution in [0.4, 0.5) is 0 Å². The predicted octanol–water partition coefficient (Wildman–Crippen LogP) is 3.62. The molecule has 1 fully saturated rings. The van der Waals surface area contributed by atoms with Gasteiger partial charge in [0.2, 0.25) is 0 Å². The van der Waals surface area contributed by atoms with E-state index in [9.17, 15) is 0 Å². The van der Waals surface area contributed by atoms with Gasteiger partial charge in [-0.15, -0.1) is 0 Å². The molecule has 0 radical (unpaired) electrons. The van der Waals surface area contributed by atoms with Crippen molar-refractivity contribution < 1.29 is 32.2 Å². The maximum absolute atomic E-state index is 6.31. The van der Waals surface area contributed by atoms with E-state index in [-0.39, 0.29) is 5.73 Å². The van der Waals surface area contributed by atoms with Gasteiger partial charge in [0.15, 0.2) is 6.29 Å². The molecule has 1 saturated heterocycles. The van der Waals surface area contributed by atoms with Crippen molar-refractivity contribution in [2.75, 3.05) is 33.0 Å². The molecule has 0 amide bonds. The number of hydrogen-bond acceptors (Lipinski definition) is 7. The van der Waals surface area contributed by atoms with Gasteiger partial charge in [0.1, 0.15) is 5.73 Å². The van der Waals surface area contributed by atoms with Crippen LogP contribution in [0.1, 0.15) is 67.2 Å². The number of hydrogen-bond donors (Lipinski definition) is 0. The molecule has 2 unspecified atom stereocenters. The highest BCUT2D eigenvalue weighted by molar-refractivity contribution is 6.62. The SMILES string of the molecule is CCO[Si](OCC)(OCC)C(CC)OC(CC)OC1(CC)OCCCO1. The lowest BCUT2D eigenvalue weighted by atomic mass is 10.3. The second-order valence-corrected chi connectivity index (χ2v) is 8.70. The van der Waals surface area contributed by atoms with Crippen molar-refractivity contribution in [3.05, 3.63) is 0 Å². The zero-order valence-corrected chi connectivity index (χ0v) is 18.4. The average molecular weight is 395 g/mol. The minimum atomic E-state index is -2.99. The van der Waals surface area contributed by atoms with Gasteiger partial charge in [-0.2, -0.15) is 0 Å². The molecule has 0 N–H and O–H groups in total. The Morgan fingerprint density at radius 1 is 0.846 bits per heavy atom. The summed E-state index contributed by atoms with van der Waals surface area (Å²) in [6.45, 7) is 14.6. The lowest BCUT2D eigenvalue weighted by molar-refractivity contribution is -0.436. The first-order valence-electron chi connectivity index (χ1n) is 10.1. The number of rotatable bonds is 14. The summed E-state index contributed by atoms with van der Waals surface area (Å²) in [6.07, 6.45) is 2.32. The van der Waals surface area contributed by atoms with Crippen molar-refractivity contribution in [1.29, 1.82) is 0 Å². The van der Waals surface area contributed by atoms with Crippen molar-refractivity contribution in [2.45, 2.75) is 85.2 Å². The van der Waals surface area contributed by atoms with Gasteiger partial charge in [-0.25, -0.2) is 0 Å². The Morgan fingerprint density at radius 2 is 1.38 bits per heavy atom. The lowest BCUT2D eigenvalue weighted by Gasteiger charge is -2.40. The van der Waals surface area contributed by atoms with Gasteiger partial charge >= 0.3 is 8.80 Å². The van der Waals surface area contributed by atoms with Gasteiger partial charge in [-0.3, -0.25) is 4.74 Å². The molecule has 1 aliphatic heterocycles. The Kier molecular flexibility index (Phi) is 11.4. The molecule has 1 rings (SSSR count). The molecule has 2 atom stereocenters. The van der Waals surface area contributed by atoms with Gasteiger partial charge < -0.3 is 27.5 Å². The van der Waals surface area contributed by atoms with Crippen molar-refractivity contribution in [2.24, 2.45) is 0 Å². The Balaban J connectivity index is 2.91. The van der Waals surface area contributed by atoms with Crippen LogP contribution in [-0.2, 0) is 32.2 Å². The molecule has 8 heteroatoms. The monoisotopic (exact) mass is 394 g/mol. The van der Waals surface area contributed by atoms with Crippen molar-refractivity contribution in [3.8, 4) is 0 Å². The van der Waals surface area contributed by atoms with Crippen LogP contribution in [0.25, 0.3) is 0 Å². The second kappa shape index (κ2) is 12.4. The molecule has 0 aromatic rings. The van der Waals surface area contributed by atoms with Gasteiger partial charge in [-0.1, -0.05) is 20.8 Å². The van der Waals surface area contributed by atoms with Gasteiger partial charge in [-0.05, 0) is 40.0 Å². The van der Waals surface area contributed by atoms with Crippen molar-refractivity contribution in [1.82, 2.24) is 0 Å². The smallest absolute Gasteiger partial charge is 0.372 e. The maximum atomic E-state index is 6.31. The summed E-state index contributed by atoms with van der Waals surface area (Å²) in [5.74, 6) is -1.04. The van der Waals surface area contributed by atoms with Crippen LogP contribution in [0.5, 0.6) is 0 Å². The van der Waals surface area contributed by atoms with E-state index in [1.54, 1.807) is 0 Å². The standard InChI is InChI=1S/C18H38O7Si/c1-7-16(25-18(9-3)19-14-13-15-20-18)24-17(8-2)26(21-10-4,22-11-5)23-12-6/h16-17H,7-15H2,1-6H3. The molecule has 0 aliphatic carbocycles. The molecule has 1 heterocycles. The predicted molar refractivity (Wildman–Crippen MR) is 101 cm³/mol. The van der Waals surface area contributed by atoms with E-state index < -0.39 is 21.1 Å². The Hall–Kier alpha value is -0.0631. The van der Waals surface area contributed by atoms with E-state index >= 15 is 0 Å². The van der Waals surface area contributed by atoms with Crippen LogP contribution < -0.4 is 0 Å². The molecule has 7 nitrogen and oxygen atoms in total. The highest BCUT2D eigenvalue weighted by Crippen LogP contribution is 2.29. The highest BCUT2D eigenvalue weighted by Gasteiger charge is 2.51. The molecule has 0 saturated carbocycles. The van der Waals surface area contributed by atoms with Crippen LogP contribution in [0.2, 0.25) is 0 Å². The van der Waals surface area contributed by atoms with Crippen LogP contribution in [0.15, 0.2) is 0 Å². The quantitative estimate of drug-likeness (QED) is 0.329. The number of ether oxygens (including phenoxy) is 4. The van der Waals surface area contributed by atoms with E-state index in [1.165, 1.54) is 0 Å². The fourth-order valence-electron chi connectivity index (χ4n) is 2.94. The third kappa shape index (κ3) is 6.52. The molecular weight excluding hydrogens is 356 g/mol. The summed E-state index contributed by atoms with van der Waals surface area (Å²) in [7, 11) is -2.99. The highest BCUT2D eigenvalue weighted by atomic mass is 28.4. The zero-order chi connectivity index (χ0) is 19.5. The summed E-state index contributed by atoms with van der Waals surface area (Å²) >= 11 is 0. The zero-order valence-electron chi connectivity index (χ0n) is 17.4. The maximum Gasteiger partial charge on any atom is 0.531 e. The third-order valence-electron chi connectivity index (χ3n) is 4.13. The van der Waals surface area contributed by atoms with Crippen LogP contribution in [-0.4, -0.2) is 59.8 Å². The van der Waals surface area contributed by atoms with Gasteiger partial charge in [0, 0.05) is 26.2 Å². The normalized spacial score (nSPS) is 20.1. The molecule has 1 aliphatic rings. The van der Waals surface area contributed by atoms with E-state index in [0.29, 0.717) is 52.3 Å². The van der Waals surface area contributed by atoms with Crippen molar-refractivity contribution >= 4 is 8.80 Å². The molecule has 0 bridgehead atoms. The Bertz CT molecular complexity index is 346. The molecular formula is C18H38O7Si. The third-order valence-corrected chi connectivity index (χ3v) is 7.53. The molecule has 0 spiro atoms. The van der Waals surface area contributed by atoms with E-state index in [0.717, 1.165) is 6.42 Å². The minimum absolute atomic E-state index is 0.315. The minimum Gasteiger partial charge on any atom is -0.372 e. The summed E-state index contributed by atoms with van der Waals surface area (Å²) in [4.78, 5) is 0. The molecule has 0 aromatic carbocycles. The van der Waals surface area contributed by atoms with Gasteiger partial charge in [0.25, 0.3) is 5.97 Å². The molecule has 156 valence electrons. The van der Waals surface area contributed by atoms with Crippen LogP contribution >= 0.6 is 0 Å².